The largest absolute Gasteiger partial charge is 0.384 e. The van der Waals surface area contributed by atoms with Gasteiger partial charge in [0.15, 0.2) is 0 Å². The molecular formula is C12H18FNS. The third-order valence-corrected chi connectivity index (χ3v) is 2.75. The fourth-order valence-electron chi connectivity index (χ4n) is 1.14. The zero-order valence-electron chi connectivity index (χ0n) is 9.73. The Hall–Kier alpha value is -0.700. The van der Waals surface area contributed by atoms with Gasteiger partial charge in [0.05, 0.1) is 0 Å². The molecule has 0 radical (unpaired) electrons. The number of nitrogens with one attached hydrogen (secondary N) is 1. The number of hydrogen-bond acceptors (Lipinski definition) is 2. The Morgan fingerprint density at radius 2 is 2.00 bits per heavy atom. The van der Waals surface area contributed by atoms with E-state index in [0.717, 1.165) is 12.2 Å². The van der Waals surface area contributed by atoms with Crippen LogP contribution >= 0.6 is 11.8 Å². The van der Waals surface area contributed by atoms with E-state index in [4.69, 9.17) is 0 Å². The monoisotopic (exact) mass is 227 g/mol. The van der Waals surface area contributed by atoms with Crippen LogP contribution in [0.25, 0.3) is 0 Å². The molecule has 3 heteroatoms. The number of rotatable bonds is 3. The van der Waals surface area contributed by atoms with Crippen LogP contribution in [0.1, 0.15) is 20.8 Å². The highest BCUT2D eigenvalue weighted by Crippen LogP contribution is 2.23. The molecule has 0 aliphatic heterocycles. The van der Waals surface area contributed by atoms with Crippen LogP contribution in [0.3, 0.4) is 0 Å². The molecule has 0 aliphatic rings. The summed E-state index contributed by atoms with van der Waals surface area (Å²) >= 11 is 1.42. The minimum absolute atomic E-state index is 0.151. The summed E-state index contributed by atoms with van der Waals surface area (Å²) in [5.74, 6) is -0.151. The van der Waals surface area contributed by atoms with Gasteiger partial charge in [-0.2, -0.15) is 0 Å². The SMILES string of the molecule is CSc1ccc(NCC(C)(C)C)cc1F. The molecular weight excluding hydrogens is 209 g/mol. The minimum atomic E-state index is -0.151. The lowest BCUT2D eigenvalue weighted by Crippen LogP contribution is -2.19. The molecule has 0 spiro atoms. The Kier molecular flexibility index (Phi) is 4.03. The highest BCUT2D eigenvalue weighted by atomic mass is 32.2. The van der Waals surface area contributed by atoms with Crippen LogP contribution in [0.5, 0.6) is 0 Å². The van der Waals surface area contributed by atoms with Crippen molar-refractivity contribution in [1.82, 2.24) is 0 Å². The van der Waals surface area contributed by atoms with Crippen molar-refractivity contribution in [3.63, 3.8) is 0 Å². The van der Waals surface area contributed by atoms with Crippen LogP contribution in [-0.4, -0.2) is 12.8 Å². The summed E-state index contributed by atoms with van der Waals surface area (Å²) in [6.45, 7) is 7.27. The first-order chi connectivity index (χ1) is 6.92. The summed E-state index contributed by atoms with van der Waals surface area (Å²) in [6.07, 6.45) is 1.88. The van der Waals surface area contributed by atoms with Gasteiger partial charge in [-0.3, -0.25) is 0 Å². The van der Waals surface area contributed by atoms with Crippen LogP contribution in [0.15, 0.2) is 23.1 Å². The lowest BCUT2D eigenvalue weighted by Gasteiger charge is -2.19. The molecule has 0 saturated heterocycles. The van der Waals surface area contributed by atoms with E-state index in [1.165, 1.54) is 11.8 Å². The van der Waals surface area contributed by atoms with E-state index in [9.17, 15) is 4.39 Å². The number of anilines is 1. The molecule has 0 heterocycles. The van der Waals surface area contributed by atoms with Crippen molar-refractivity contribution < 1.29 is 4.39 Å². The van der Waals surface area contributed by atoms with Gasteiger partial charge in [0.2, 0.25) is 0 Å². The van der Waals surface area contributed by atoms with Gasteiger partial charge >= 0.3 is 0 Å². The third kappa shape index (κ3) is 4.12. The van der Waals surface area contributed by atoms with E-state index in [-0.39, 0.29) is 11.2 Å². The van der Waals surface area contributed by atoms with Crippen LogP contribution in [0.2, 0.25) is 0 Å². The first kappa shape index (κ1) is 12.4. The molecule has 0 amide bonds. The van der Waals surface area contributed by atoms with E-state index in [0.29, 0.717) is 4.90 Å². The van der Waals surface area contributed by atoms with Gasteiger partial charge in [-0.15, -0.1) is 11.8 Å². The summed E-state index contributed by atoms with van der Waals surface area (Å²) in [4.78, 5) is 0.691. The molecule has 1 aromatic rings. The van der Waals surface area contributed by atoms with Crippen molar-refractivity contribution in [2.45, 2.75) is 25.7 Å². The van der Waals surface area contributed by atoms with Crippen molar-refractivity contribution in [1.29, 1.82) is 0 Å². The molecule has 1 nitrogen and oxygen atoms in total. The van der Waals surface area contributed by atoms with Gasteiger partial charge in [0.25, 0.3) is 0 Å². The van der Waals surface area contributed by atoms with Gasteiger partial charge in [-0.1, -0.05) is 20.8 Å². The van der Waals surface area contributed by atoms with Crippen molar-refractivity contribution in [3.8, 4) is 0 Å². The Balaban J connectivity index is 2.68. The second kappa shape index (κ2) is 4.88. The number of hydrogen-bond donors (Lipinski definition) is 1. The third-order valence-electron chi connectivity index (χ3n) is 1.97. The van der Waals surface area contributed by atoms with Crippen LogP contribution in [0.4, 0.5) is 10.1 Å². The number of thioether (sulfide) groups is 1. The van der Waals surface area contributed by atoms with E-state index in [1.54, 1.807) is 6.07 Å². The molecule has 84 valence electrons. The topological polar surface area (TPSA) is 12.0 Å². The molecule has 1 aromatic carbocycles. The van der Waals surface area contributed by atoms with Gasteiger partial charge in [0, 0.05) is 17.1 Å². The lowest BCUT2D eigenvalue weighted by atomic mass is 9.97. The quantitative estimate of drug-likeness (QED) is 0.783. The Morgan fingerprint density at radius 3 is 2.47 bits per heavy atom. The molecule has 0 atom stereocenters. The molecule has 0 unspecified atom stereocenters. The number of benzene rings is 1. The van der Waals surface area contributed by atoms with Crippen LogP contribution in [-0.2, 0) is 0 Å². The molecule has 0 fully saturated rings. The van der Waals surface area contributed by atoms with Crippen LogP contribution < -0.4 is 5.32 Å². The predicted octanol–water partition coefficient (Wildman–Crippen LogP) is 4.01. The summed E-state index contributed by atoms with van der Waals surface area (Å²) in [5.41, 5.74) is 1.05. The Bertz CT molecular complexity index is 331. The first-order valence-electron chi connectivity index (χ1n) is 5.00. The van der Waals surface area contributed by atoms with Gasteiger partial charge in [-0.25, -0.2) is 4.39 Å². The molecule has 0 saturated carbocycles. The maximum Gasteiger partial charge on any atom is 0.138 e. The van der Waals surface area contributed by atoms with E-state index >= 15 is 0 Å². The zero-order valence-corrected chi connectivity index (χ0v) is 10.5. The Labute approximate surface area is 95.5 Å². The highest BCUT2D eigenvalue weighted by Gasteiger charge is 2.10. The van der Waals surface area contributed by atoms with Crippen molar-refractivity contribution >= 4 is 17.4 Å². The maximum atomic E-state index is 13.4. The van der Waals surface area contributed by atoms with Crippen LogP contribution in [0, 0.1) is 11.2 Å². The standard InChI is InChI=1S/C12H18FNS/c1-12(2,3)8-14-9-5-6-11(15-4)10(13)7-9/h5-7,14H,8H2,1-4H3. The average Bonchev–Trinajstić information content (AvgIpc) is 2.14. The van der Waals surface area contributed by atoms with Gasteiger partial charge in [-0.05, 0) is 29.9 Å². The van der Waals surface area contributed by atoms with Crippen molar-refractivity contribution in [3.05, 3.63) is 24.0 Å². The zero-order chi connectivity index (χ0) is 11.5. The fraction of sp³-hybridized carbons (Fsp3) is 0.500. The molecule has 0 bridgehead atoms. The fourth-order valence-corrected chi connectivity index (χ4v) is 1.60. The maximum absolute atomic E-state index is 13.4. The first-order valence-corrected chi connectivity index (χ1v) is 6.22. The smallest absolute Gasteiger partial charge is 0.138 e. The van der Waals surface area contributed by atoms with E-state index in [1.807, 2.05) is 18.4 Å². The summed E-state index contributed by atoms with van der Waals surface area (Å²) in [7, 11) is 0. The minimum Gasteiger partial charge on any atom is -0.384 e. The number of halogens is 1. The van der Waals surface area contributed by atoms with E-state index in [2.05, 4.69) is 26.1 Å². The van der Waals surface area contributed by atoms with Gasteiger partial charge in [0.1, 0.15) is 5.82 Å². The summed E-state index contributed by atoms with van der Waals surface area (Å²) < 4.78 is 13.4. The molecule has 0 aromatic heterocycles. The molecule has 1 N–H and O–H groups in total. The predicted molar refractivity (Wildman–Crippen MR) is 66.1 cm³/mol. The molecule has 15 heavy (non-hydrogen) atoms. The van der Waals surface area contributed by atoms with Gasteiger partial charge < -0.3 is 5.32 Å². The average molecular weight is 227 g/mol. The highest BCUT2D eigenvalue weighted by molar-refractivity contribution is 7.98. The Morgan fingerprint density at radius 1 is 1.33 bits per heavy atom. The van der Waals surface area contributed by atoms with Crippen molar-refractivity contribution in [2.75, 3.05) is 18.1 Å². The van der Waals surface area contributed by atoms with E-state index < -0.39 is 0 Å². The lowest BCUT2D eigenvalue weighted by molar-refractivity contribution is 0.443. The van der Waals surface area contributed by atoms with Crippen molar-refractivity contribution in [2.24, 2.45) is 5.41 Å². The summed E-state index contributed by atoms with van der Waals surface area (Å²) in [5, 5.41) is 3.23. The summed E-state index contributed by atoms with van der Waals surface area (Å²) in [6, 6.07) is 5.28. The molecule has 0 aliphatic carbocycles. The normalized spacial score (nSPS) is 11.5. The second-order valence-electron chi connectivity index (χ2n) is 4.76. The molecule has 1 rings (SSSR count). The second-order valence-corrected chi connectivity index (χ2v) is 5.61.